The number of aromatic amines is 1. The van der Waals surface area contributed by atoms with Crippen LogP contribution in [0.2, 0.25) is 0 Å². The van der Waals surface area contributed by atoms with Crippen molar-refractivity contribution >= 4 is 17.0 Å². The number of fused-ring (bicyclic) bond motifs is 1. The molecule has 11 nitrogen and oxygen atoms in total. The number of H-pyrrole nitrogens is 1. The SMILES string of the molecule is CCOc1nc2cccc(C(=O)OCC(O)C(C)O)c2n1Cc1ccc(-c2ccccc2-c2noc(=O)[nH]2)cc1. The van der Waals surface area contributed by atoms with Crippen molar-refractivity contribution < 1.29 is 29.0 Å². The maximum absolute atomic E-state index is 13.0. The molecule has 2 unspecified atom stereocenters. The number of aliphatic hydroxyl groups excluding tert-OH is 2. The van der Waals surface area contributed by atoms with Crippen LogP contribution in [0.4, 0.5) is 0 Å². The van der Waals surface area contributed by atoms with Crippen molar-refractivity contribution in [2.45, 2.75) is 32.6 Å². The second kappa shape index (κ2) is 11.6. The normalized spacial score (nSPS) is 12.8. The Labute approximate surface area is 228 Å². The van der Waals surface area contributed by atoms with Crippen LogP contribution in [0.25, 0.3) is 33.5 Å². The Morgan fingerprint density at radius 3 is 2.48 bits per heavy atom. The van der Waals surface area contributed by atoms with Gasteiger partial charge in [-0.15, -0.1) is 0 Å². The van der Waals surface area contributed by atoms with Gasteiger partial charge in [-0.25, -0.2) is 9.59 Å². The number of esters is 1. The van der Waals surface area contributed by atoms with Gasteiger partial charge in [-0.2, -0.15) is 4.98 Å². The first kappa shape index (κ1) is 26.9. The summed E-state index contributed by atoms with van der Waals surface area (Å²) in [6, 6.07) is 20.8. The first-order valence-corrected chi connectivity index (χ1v) is 12.8. The first-order chi connectivity index (χ1) is 19.4. The summed E-state index contributed by atoms with van der Waals surface area (Å²) >= 11 is 0. The van der Waals surface area contributed by atoms with Gasteiger partial charge in [0.2, 0.25) is 0 Å². The summed E-state index contributed by atoms with van der Waals surface area (Å²) in [4.78, 5) is 31.6. The van der Waals surface area contributed by atoms with Crippen LogP contribution >= 0.6 is 0 Å². The highest BCUT2D eigenvalue weighted by molar-refractivity contribution is 6.02. The summed E-state index contributed by atoms with van der Waals surface area (Å²) < 4.78 is 17.6. The zero-order valence-corrected chi connectivity index (χ0v) is 21.9. The fraction of sp³-hybridized carbons (Fsp3) is 0.241. The van der Waals surface area contributed by atoms with Gasteiger partial charge < -0.3 is 19.7 Å². The highest BCUT2D eigenvalue weighted by Crippen LogP contribution is 2.31. The quantitative estimate of drug-likeness (QED) is 0.225. The predicted octanol–water partition coefficient (Wildman–Crippen LogP) is 3.39. The summed E-state index contributed by atoms with van der Waals surface area (Å²) in [5, 5.41) is 23.2. The number of para-hydroxylation sites is 1. The average Bonchev–Trinajstić information content (AvgIpc) is 3.55. The number of carbonyl (C=O) groups excluding carboxylic acids is 1. The zero-order valence-electron chi connectivity index (χ0n) is 21.9. The Kier molecular flexibility index (Phi) is 7.76. The monoisotopic (exact) mass is 544 g/mol. The smallest absolute Gasteiger partial charge is 0.439 e. The van der Waals surface area contributed by atoms with Crippen molar-refractivity contribution in [1.82, 2.24) is 19.7 Å². The summed E-state index contributed by atoms with van der Waals surface area (Å²) in [7, 11) is 0. The largest absolute Gasteiger partial charge is 0.465 e. The van der Waals surface area contributed by atoms with Gasteiger partial charge in [0.1, 0.15) is 12.7 Å². The molecule has 2 heterocycles. The van der Waals surface area contributed by atoms with Gasteiger partial charge in [-0.3, -0.25) is 14.1 Å². The third-order valence-electron chi connectivity index (χ3n) is 6.40. The van der Waals surface area contributed by atoms with Crippen LogP contribution in [-0.2, 0) is 11.3 Å². The molecule has 2 atom stereocenters. The van der Waals surface area contributed by atoms with Gasteiger partial charge in [0.25, 0.3) is 6.01 Å². The van der Waals surface area contributed by atoms with Crippen molar-refractivity contribution in [2.75, 3.05) is 13.2 Å². The first-order valence-electron chi connectivity index (χ1n) is 12.8. The molecule has 3 N–H and O–H groups in total. The molecule has 206 valence electrons. The van der Waals surface area contributed by atoms with Crippen molar-refractivity contribution in [3.05, 3.63) is 88.4 Å². The van der Waals surface area contributed by atoms with E-state index in [1.165, 1.54) is 6.92 Å². The standard InChI is InChI=1S/C29H28N4O7/c1-3-38-28-30-23-10-6-9-22(27(36)39-16-24(35)17(2)34)25(23)33(28)15-18-11-13-19(14-12-18)20-7-4-5-8-21(20)26-31-29(37)40-32-26/h4-14,17,24,34-35H,3,15-16H2,1-2H3,(H,31,32,37). The van der Waals surface area contributed by atoms with Gasteiger partial charge in [0, 0.05) is 5.56 Å². The number of aromatic nitrogens is 4. The Balaban J connectivity index is 1.47. The van der Waals surface area contributed by atoms with Crippen LogP contribution in [0.5, 0.6) is 6.01 Å². The number of aliphatic hydroxyl groups is 2. The van der Waals surface area contributed by atoms with E-state index in [0.717, 1.165) is 22.3 Å². The van der Waals surface area contributed by atoms with E-state index >= 15 is 0 Å². The van der Waals surface area contributed by atoms with Gasteiger partial charge in [0.15, 0.2) is 5.82 Å². The third-order valence-corrected chi connectivity index (χ3v) is 6.40. The van der Waals surface area contributed by atoms with Crippen LogP contribution in [0.3, 0.4) is 0 Å². The lowest BCUT2D eigenvalue weighted by atomic mass is 9.98. The molecule has 5 rings (SSSR count). The van der Waals surface area contributed by atoms with E-state index in [1.54, 1.807) is 18.2 Å². The molecule has 0 amide bonds. The van der Waals surface area contributed by atoms with Crippen LogP contribution in [0.15, 0.2) is 76.0 Å². The maximum atomic E-state index is 13.0. The highest BCUT2D eigenvalue weighted by Gasteiger charge is 2.22. The lowest BCUT2D eigenvalue weighted by Gasteiger charge is -2.15. The summed E-state index contributed by atoms with van der Waals surface area (Å²) in [6.45, 7) is 3.66. The van der Waals surface area contributed by atoms with E-state index in [2.05, 4.69) is 19.6 Å². The molecular weight excluding hydrogens is 516 g/mol. The van der Waals surface area contributed by atoms with Crippen molar-refractivity contribution in [1.29, 1.82) is 0 Å². The van der Waals surface area contributed by atoms with Crippen molar-refractivity contribution in [3.8, 4) is 28.5 Å². The molecule has 3 aromatic carbocycles. The molecule has 2 aromatic heterocycles. The fourth-order valence-corrected chi connectivity index (χ4v) is 4.35. The maximum Gasteiger partial charge on any atom is 0.439 e. The average molecular weight is 545 g/mol. The molecule has 0 saturated carbocycles. The number of nitrogens with zero attached hydrogens (tertiary/aromatic N) is 3. The second-order valence-corrected chi connectivity index (χ2v) is 9.18. The minimum absolute atomic E-state index is 0.265. The Bertz CT molecular complexity index is 1680. The molecule has 0 radical (unpaired) electrons. The summed E-state index contributed by atoms with van der Waals surface area (Å²) in [6.07, 6.45) is -2.23. The highest BCUT2D eigenvalue weighted by atomic mass is 16.5. The number of imidazole rings is 1. The number of hydrogen-bond donors (Lipinski definition) is 3. The van der Waals surface area contributed by atoms with Crippen molar-refractivity contribution in [3.63, 3.8) is 0 Å². The van der Waals surface area contributed by atoms with Crippen LogP contribution < -0.4 is 10.5 Å². The lowest BCUT2D eigenvalue weighted by Crippen LogP contribution is -2.29. The Hall–Kier alpha value is -4.74. The minimum Gasteiger partial charge on any atom is -0.465 e. The van der Waals surface area contributed by atoms with Gasteiger partial charge in [0.05, 0.1) is 35.9 Å². The van der Waals surface area contributed by atoms with E-state index in [1.807, 2.05) is 60.0 Å². The minimum atomic E-state index is -1.19. The topological polar surface area (TPSA) is 153 Å². The predicted molar refractivity (Wildman–Crippen MR) is 146 cm³/mol. The molecule has 0 aliphatic heterocycles. The van der Waals surface area contributed by atoms with Crippen molar-refractivity contribution in [2.24, 2.45) is 0 Å². The fourth-order valence-electron chi connectivity index (χ4n) is 4.35. The number of ether oxygens (including phenoxy) is 2. The third kappa shape index (κ3) is 5.51. The van der Waals surface area contributed by atoms with E-state index in [0.29, 0.717) is 36.0 Å². The molecule has 0 aliphatic rings. The Morgan fingerprint density at radius 1 is 1.05 bits per heavy atom. The van der Waals surface area contributed by atoms with E-state index in [4.69, 9.17) is 9.47 Å². The number of carbonyl (C=O) groups is 1. The number of benzene rings is 3. The van der Waals surface area contributed by atoms with E-state index in [9.17, 15) is 19.8 Å². The van der Waals surface area contributed by atoms with Gasteiger partial charge >= 0.3 is 11.7 Å². The van der Waals surface area contributed by atoms with E-state index in [-0.39, 0.29) is 12.2 Å². The van der Waals surface area contributed by atoms with Crippen LogP contribution in [0.1, 0.15) is 29.8 Å². The second-order valence-electron chi connectivity index (χ2n) is 9.18. The molecule has 0 bridgehead atoms. The molecule has 5 aromatic rings. The molecule has 0 fully saturated rings. The van der Waals surface area contributed by atoms with Crippen LogP contribution in [-0.4, -0.2) is 61.3 Å². The molecule has 0 spiro atoms. The zero-order chi connectivity index (χ0) is 28.2. The van der Waals surface area contributed by atoms with Crippen LogP contribution in [0, 0.1) is 0 Å². The molecule has 40 heavy (non-hydrogen) atoms. The van der Waals surface area contributed by atoms with Gasteiger partial charge in [-0.05, 0) is 42.7 Å². The number of nitrogens with one attached hydrogen (secondary N) is 1. The molecule has 0 aliphatic carbocycles. The molecule has 0 saturated heterocycles. The summed E-state index contributed by atoms with van der Waals surface area (Å²) in [5.41, 5.74) is 4.78. The number of hydrogen-bond acceptors (Lipinski definition) is 9. The lowest BCUT2D eigenvalue weighted by molar-refractivity contribution is -0.0200. The number of rotatable bonds is 10. The Morgan fingerprint density at radius 2 is 1.80 bits per heavy atom. The summed E-state index contributed by atoms with van der Waals surface area (Å²) in [5.74, 6) is -0.927. The molecule has 11 heteroatoms. The van der Waals surface area contributed by atoms with Gasteiger partial charge in [-0.1, -0.05) is 59.8 Å². The molecular formula is C29H28N4O7. The van der Waals surface area contributed by atoms with E-state index < -0.39 is 23.9 Å².